The number of benzene rings is 2. The maximum atomic E-state index is 6.04. The average Bonchev–Trinajstić information content (AvgIpc) is 2.47. The topological polar surface area (TPSA) is 35.0 Å². The van der Waals surface area contributed by atoms with Crippen LogP contribution in [-0.2, 0) is 0 Å². The van der Waals surface area contributed by atoms with Crippen LogP contribution in [0.4, 0.5) is 0 Å². The normalized spacial score (nSPS) is 10.4. The molecule has 0 unspecified atom stereocenters. The van der Waals surface area contributed by atoms with Crippen LogP contribution >= 0.6 is 23.2 Å². The fourth-order valence-electron chi connectivity index (χ4n) is 1.82. The zero-order chi connectivity index (χ0) is 14.7. The van der Waals surface area contributed by atoms with Gasteiger partial charge in [0.25, 0.3) is 0 Å². The number of hydrogen-bond donors (Lipinski definition) is 0. The highest BCUT2D eigenvalue weighted by Crippen LogP contribution is 2.26. The van der Waals surface area contributed by atoms with Gasteiger partial charge in [-0.15, -0.1) is 0 Å². The predicted octanol–water partition coefficient (Wildman–Crippen LogP) is 5.24. The minimum Gasteiger partial charge on any atom is -0.439 e. The Morgan fingerprint density at radius 2 is 1.62 bits per heavy atom. The van der Waals surface area contributed by atoms with Crippen LogP contribution in [0.2, 0.25) is 10.2 Å². The molecule has 104 valence electrons. The van der Waals surface area contributed by atoms with Crippen molar-refractivity contribution in [3.8, 4) is 23.0 Å². The van der Waals surface area contributed by atoms with Crippen molar-refractivity contribution in [1.29, 1.82) is 0 Å². The highest BCUT2D eigenvalue weighted by Gasteiger charge is 2.07. The summed E-state index contributed by atoms with van der Waals surface area (Å²) in [7, 11) is 0. The third-order valence-electron chi connectivity index (χ3n) is 2.72. The summed E-state index contributed by atoms with van der Waals surface area (Å²) in [6, 6.07) is 18.2. The van der Waals surface area contributed by atoms with Crippen molar-refractivity contribution in [3.63, 3.8) is 0 Å². The summed E-state index contributed by atoms with van der Waals surface area (Å²) in [5, 5.41) is 0.914. The second kappa shape index (κ2) is 6.12. The van der Waals surface area contributed by atoms with Gasteiger partial charge in [-0.3, -0.25) is 0 Å². The van der Waals surface area contributed by atoms with Gasteiger partial charge in [-0.25, -0.2) is 4.98 Å². The van der Waals surface area contributed by atoms with Crippen LogP contribution in [0.3, 0.4) is 0 Å². The first-order valence-electron chi connectivity index (χ1n) is 6.24. The van der Waals surface area contributed by atoms with E-state index in [1.54, 1.807) is 30.3 Å². The van der Waals surface area contributed by atoms with Gasteiger partial charge in [0, 0.05) is 16.7 Å². The summed E-state index contributed by atoms with van der Waals surface area (Å²) in [5.74, 6) is 1.48. The smallest absolute Gasteiger partial charge is 0.224 e. The molecule has 3 nitrogen and oxygen atoms in total. The van der Waals surface area contributed by atoms with E-state index in [0.29, 0.717) is 27.6 Å². The van der Waals surface area contributed by atoms with Crippen molar-refractivity contribution in [2.75, 3.05) is 0 Å². The van der Waals surface area contributed by atoms with Crippen molar-refractivity contribution in [3.05, 3.63) is 70.8 Å². The average molecular weight is 317 g/mol. The van der Waals surface area contributed by atoms with Crippen LogP contribution in [0, 0.1) is 0 Å². The van der Waals surface area contributed by atoms with Crippen molar-refractivity contribution >= 4 is 23.2 Å². The Balaban J connectivity index is 1.95. The van der Waals surface area contributed by atoms with Crippen molar-refractivity contribution in [2.45, 2.75) is 0 Å². The highest BCUT2D eigenvalue weighted by molar-refractivity contribution is 6.30. The first-order chi connectivity index (χ1) is 10.2. The van der Waals surface area contributed by atoms with Crippen LogP contribution in [0.5, 0.6) is 11.6 Å². The Kier molecular flexibility index (Phi) is 4.04. The van der Waals surface area contributed by atoms with Crippen LogP contribution in [0.1, 0.15) is 0 Å². The lowest BCUT2D eigenvalue weighted by Crippen LogP contribution is -1.94. The van der Waals surface area contributed by atoms with E-state index < -0.39 is 0 Å². The molecular formula is C16H10Cl2N2O. The minimum atomic E-state index is 0.320. The van der Waals surface area contributed by atoms with E-state index in [1.807, 2.05) is 30.3 Å². The van der Waals surface area contributed by atoms with Gasteiger partial charge in [0.05, 0.1) is 0 Å². The molecular weight excluding hydrogens is 307 g/mol. The zero-order valence-corrected chi connectivity index (χ0v) is 12.3. The summed E-state index contributed by atoms with van der Waals surface area (Å²) in [6.07, 6.45) is 0. The SMILES string of the molecule is Clc1cccc(Oc2cc(Cl)nc(-c3ccccc3)n2)c1. The lowest BCUT2D eigenvalue weighted by molar-refractivity contribution is 0.462. The quantitative estimate of drug-likeness (QED) is 0.619. The van der Waals surface area contributed by atoms with Gasteiger partial charge in [0.2, 0.25) is 5.88 Å². The number of aromatic nitrogens is 2. The number of rotatable bonds is 3. The van der Waals surface area contributed by atoms with Gasteiger partial charge in [0.1, 0.15) is 10.9 Å². The van der Waals surface area contributed by atoms with Crippen molar-refractivity contribution in [1.82, 2.24) is 9.97 Å². The monoisotopic (exact) mass is 316 g/mol. The second-order valence-electron chi connectivity index (χ2n) is 4.28. The minimum absolute atomic E-state index is 0.320. The number of hydrogen-bond acceptors (Lipinski definition) is 3. The van der Waals surface area contributed by atoms with Gasteiger partial charge in [0.15, 0.2) is 5.82 Å². The molecule has 21 heavy (non-hydrogen) atoms. The van der Waals surface area contributed by atoms with Crippen LogP contribution in [0.25, 0.3) is 11.4 Å². The van der Waals surface area contributed by atoms with E-state index in [0.717, 1.165) is 5.56 Å². The molecule has 0 aliphatic heterocycles. The first-order valence-corrected chi connectivity index (χ1v) is 7.00. The Labute approximate surface area is 132 Å². The number of nitrogens with zero attached hydrogens (tertiary/aromatic N) is 2. The summed E-state index contributed by atoms with van der Waals surface area (Å²) in [5.41, 5.74) is 0.871. The third kappa shape index (κ3) is 3.51. The highest BCUT2D eigenvalue weighted by atomic mass is 35.5. The van der Waals surface area contributed by atoms with Gasteiger partial charge in [-0.05, 0) is 18.2 Å². The molecule has 0 spiro atoms. The Morgan fingerprint density at radius 3 is 2.38 bits per heavy atom. The molecule has 0 bridgehead atoms. The molecule has 0 N–H and O–H groups in total. The molecule has 1 aromatic heterocycles. The first kappa shape index (κ1) is 13.9. The van der Waals surface area contributed by atoms with Gasteiger partial charge in [-0.2, -0.15) is 4.98 Å². The largest absolute Gasteiger partial charge is 0.439 e. The Bertz CT molecular complexity index is 763. The van der Waals surface area contributed by atoms with Gasteiger partial charge < -0.3 is 4.74 Å². The molecule has 5 heteroatoms. The molecule has 0 aliphatic carbocycles. The zero-order valence-electron chi connectivity index (χ0n) is 10.8. The Morgan fingerprint density at radius 1 is 0.810 bits per heavy atom. The molecule has 0 atom stereocenters. The van der Waals surface area contributed by atoms with Crippen LogP contribution < -0.4 is 4.74 Å². The fourth-order valence-corrected chi connectivity index (χ4v) is 2.17. The van der Waals surface area contributed by atoms with Crippen LogP contribution in [0.15, 0.2) is 60.7 Å². The van der Waals surface area contributed by atoms with Crippen molar-refractivity contribution in [2.24, 2.45) is 0 Å². The van der Waals surface area contributed by atoms with Crippen LogP contribution in [-0.4, -0.2) is 9.97 Å². The lowest BCUT2D eigenvalue weighted by atomic mass is 10.2. The summed E-state index contributed by atoms with van der Waals surface area (Å²) < 4.78 is 5.68. The molecule has 0 fully saturated rings. The molecule has 3 aromatic rings. The maximum Gasteiger partial charge on any atom is 0.224 e. The summed E-state index contributed by atoms with van der Waals surface area (Å²) >= 11 is 12.0. The molecule has 3 rings (SSSR count). The van der Waals surface area contributed by atoms with E-state index >= 15 is 0 Å². The van der Waals surface area contributed by atoms with E-state index in [-0.39, 0.29) is 0 Å². The lowest BCUT2D eigenvalue weighted by Gasteiger charge is -2.07. The molecule has 0 radical (unpaired) electrons. The fraction of sp³-hybridized carbons (Fsp3) is 0. The second-order valence-corrected chi connectivity index (χ2v) is 5.10. The molecule has 2 aromatic carbocycles. The van der Waals surface area contributed by atoms with E-state index in [2.05, 4.69) is 9.97 Å². The molecule has 0 amide bonds. The van der Waals surface area contributed by atoms with Gasteiger partial charge in [-0.1, -0.05) is 59.6 Å². The Hall–Kier alpha value is -2.10. The number of halogens is 2. The third-order valence-corrected chi connectivity index (χ3v) is 3.15. The maximum absolute atomic E-state index is 6.04. The molecule has 0 saturated heterocycles. The van der Waals surface area contributed by atoms with E-state index in [9.17, 15) is 0 Å². The molecule has 1 heterocycles. The molecule has 0 saturated carbocycles. The standard InChI is InChI=1S/C16H10Cl2N2O/c17-12-7-4-8-13(9-12)21-15-10-14(18)19-16(20-15)11-5-2-1-3-6-11/h1-10H. The van der Waals surface area contributed by atoms with E-state index in [1.165, 1.54) is 0 Å². The number of ether oxygens (including phenoxy) is 1. The van der Waals surface area contributed by atoms with Crippen molar-refractivity contribution < 1.29 is 4.74 Å². The molecule has 0 aliphatic rings. The van der Waals surface area contributed by atoms with E-state index in [4.69, 9.17) is 27.9 Å². The van der Waals surface area contributed by atoms with Gasteiger partial charge >= 0.3 is 0 Å². The summed E-state index contributed by atoms with van der Waals surface area (Å²) in [6.45, 7) is 0. The summed E-state index contributed by atoms with van der Waals surface area (Å²) in [4.78, 5) is 8.58. The predicted molar refractivity (Wildman–Crippen MR) is 84.0 cm³/mol.